The molecule has 0 spiro atoms. The van der Waals surface area contributed by atoms with Crippen LogP contribution in [-0.4, -0.2) is 23.0 Å². The van der Waals surface area contributed by atoms with E-state index in [4.69, 9.17) is 10.5 Å². The quantitative estimate of drug-likeness (QED) is 0.597. The summed E-state index contributed by atoms with van der Waals surface area (Å²) in [6, 6.07) is 11.8. The number of carbonyl (C=O) groups excluding carboxylic acids is 1. The SMILES string of the molecule is COC(=O)c1cc(Cc2ccnc(N)c2F)c(=O)[nH]c1Nc1ccccc1. The van der Waals surface area contributed by atoms with Crippen molar-refractivity contribution < 1.29 is 13.9 Å². The molecular weight excluding hydrogens is 351 g/mol. The van der Waals surface area contributed by atoms with E-state index in [0.717, 1.165) is 0 Å². The molecule has 2 heterocycles. The number of aromatic nitrogens is 2. The third-order valence-electron chi connectivity index (χ3n) is 3.94. The van der Waals surface area contributed by atoms with Crippen LogP contribution in [0.3, 0.4) is 0 Å². The van der Waals surface area contributed by atoms with Crippen LogP contribution < -0.4 is 16.6 Å². The molecule has 7 nitrogen and oxygen atoms in total. The molecule has 0 radical (unpaired) electrons. The zero-order valence-corrected chi connectivity index (χ0v) is 14.5. The highest BCUT2D eigenvalue weighted by atomic mass is 19.1. The van der Waals surface area contributed by atoms with Crippen LogP contribution in [0.1, 0.15) is 21.5 Å². The highest BCUT2D eigenvalue weighted by Gasteiger charge is 2.18. The molecule has 1 aromatic carbocycles. The molecule has 0 aliphatic rings. The molecule has 4 N–H and O–H groups in total. The van der Waals surface area contributed by atoms with Gasteiger partial charge < -0.3 is 20.8 Å². The van der Waals surface area contributed by atoms with E-state index in [-0.39, 0.29) is 34.7 Å². The van der Waals surface area contributed by atoms with Crippen molar-refractivity contribution in [2.45, 2.75) is 6.42 Å². The number of halogens is 1. The van der Waals surface area contributed by atoms with Crippen LogP contribution in [0.5, 0.6) is 0 Å². The number of nitrogens with one attached hydrogen (secondary N) is 2. The minimum absolute atomic E-state index is 0.0521. The second-order valence-electron chi connectivity index (χ2n) is 5.74. The monoisotopic (exact) mass is 368 g/mol. The lowest BCUT2D eigenvalue weighted by atomic mass is 10.0. The van der Waals surface area contributed by atoms with E-state index in [1.165, 1.54) is 25.4 Å². The van der Waals surface area contributed by atoms with E-state index in [1.807, 2.05) is 18.2 Å². The number of aromatic amines is 1. The molecule has 27 heavy (non-hydrogen) atoms. The van der Waals surface area contributed by atoms with Gasteiger partial charge in [0.05, 0.1) is 7.11 Å². The fourth-order valence-corrected chi connectivity index (χ4v) is 2.58. The van der Waals surface area contributed by atoms with Crippen molar-refractivity contribution in [2.24, 2.45) is 0 Å². The number of nitrogens with zero attached hydrogens (tertiary/aromatic N) is 1. The number of anilines is 3. The van der Waals surface area contributed by atoms with Crippen molar-refractivity contribution in [1.82, 2.24) is 9.97 Å². The highest BCUT2D eigenvalue weighted by Crippen LogP contribution is 2.21. The van der Waals surface area contributed by atoms with Gasteiger partial charge in [0.15, 0.2) is 11.6 Å². The summed E-state index contributed by atoms with van der Waals surface area (Å²) in [6.45, 7) is 0. The van der Waals surface area contributed by atoms with Crippen LogP contribution in [-0.2, 0) is 11.2 Å². The number of ether oxygens (including phenoxy) is 1. The Balaban J connectivity index is 2.02. The topological polar surface area (TPSA) is 110 Å². The third kappa shape index (κ3) is 3.95. The number of para-hydroxylation sites is 1. The molecular formula is C19H17FN4O3. The van der Waals surface area contributed by atoms with Crippen LogP contribution in [0, 0.1) is 5.82 Å². The van der Waals surface area contributed by atoms with Crippen molar-refractivity contribution in [3.8, 4) is 0 Å². The summed E-state index contributed by atoms with van der Waals surface area (Å²) >= 11 is 0. The summed E-state index contributed by atoms with van der Waals surface area (Å²) in [6.07, 6.45) is 1.30. The predicted octanol–water partition coefficient (Wildman–Crippen LogP) is 2.61. The van der Waals surface area contributed by atoms with Gasteiger partial charge in [0.2, 0.25) is 0 Å². The number of nitrogens with two attached hydrogens (primary N) is 1. The summed E-state index contributed by atoms with van der Waals surface area (Å²) in [5, 5.41) is 2.98. The molecule has 0 aliphatic carbocycles. The average molecular weight is 368 g/mol. The molecule has 138 valence electrons. The summed E-state index contributed by atoms with van der Waals surface area (Å²) in [4.78, 5) is 30.9. The zero-order valence-electron chi connectivity index (χ0n) is 14.5. The van der Waals surface area contributed by atoms with E-state index in [0.29, 0.717) is 5.69 Å². The fourth-order valence-electron chi connectivity index (χ4n) is 2.58. The lowest BCUT2D eigenvalue weighted by Gasteiger charge is -2.12. The van der Waals surface area contributed by atoms with E-state index in [1.54, 1.807) is 12.1 Å². The number of benzene rings is 1. The maximum absolute atomic E-state index is 14.1. The Labute approximate surface area is 154 Å². The molecule has 0 aliphatic heterocycles. The summed E-state index contributed by atoms with van der Waals surface area (Å²) in [5.41, 5.74) is 6.20. The molecule has 3 rings (SSSR count). The lowest BCUT2D eigenvalue weighted by Crippen LogP contribution is -2.19. The van der Waals surface area contributed by atoms with E-state index < -0.39 is 17.3 Å². The number of methoxy groups -OCH3 is 1. The second kappa shape index (κ2) is 7.69. The number of esters is 1. The normalized spacial score (nSPS) is 10.4. The average Bonchev–Trinajstić information content (AvgIpc) is 2.67. The molecule has 0 bridgehead atoms. The number of rotatable bonds is 5. The smallest absolute Gasteiger partial charge is 0.341 e. The first kappa shape index (κ1) is 18.1. The minimum Gasteiger partial charge on any atom is -0.465 e. The molecule has 0 saturated carbocycles. The lowest BCUT2D eigenvalue weighted by molar-refractivity contribution is 0.0601. The van der Waals surface area contributed by atoms with Crippen molar-refractivity contribution in [3.63, 3.8) is 0 Å². The van der Waals surface area contributed by atoms with Crippen LogP contribution in [0.2, 0.25) is 0 Å². The van der Waals surface area contributed by atoms with Crippen molar-refractivity contribution in [1.29, 1.82) is 0 Å². The Morgan fingerprint density at radius 1 is 1.26 bits per heavy atom. The van der Waals surface area contributed by atoms with Crippen molar-refractivity contribution >= 4 is 23.3 Å². The number of carbonyl (C=O) groups is 1. The Hall–Kier alpha value is -3.68. The Bertz CT molecular complexity index is 1030. The maximum Gasteiger partial charge on any atom is 0.341 e. The molecule has 0 atom stereocenters. The van der Waals surface area contributed by atoms with Crippen LogP contribution in [0.4, 0.5) is 21.7 Å². The molecule has 0 unspecified atom stereocenters. The summed E-state index contributed by atoms with van der Waals surface area (Å²) in [7, 11) is 1.24. The number of nitrogen functional groups attached to an aromatic ring is 1. The molecule has 3 aromatic rings. The number of H-pyrrole nitrogens is 1. The van der Waals surface area contributed by atoms with Gasteiger partial charge in [0, 0.05) is 23.9 Å². The van der Waals surface area contributed by atoms with Gasteiger partial charge in [0.25, 0.3) is 5.56 Å². The molecule has 0 amide bonds. The first-order chi connectivity index (χ1) is 13.0. The number of hydrogen-bond acceptors (Lipinski definition) is 6. The van der Waals surface area contributed by atoms with Crippen molar-refractivity contribution in [2.75, 3.05) is 18.2 Å². The van der Waals surface area contributed by atoms with Gasteiger partial charge in [-0.2, -0.15) is 0 Å². The first-order valence-electron chi connectivity index (χ1n) is 8.05. The fraction of sp³-hybridized carbons (Fsp3) is 0.105. The maximum atomic E-state index is 14.1. The third-order valence-corrected chi connectivity index (χ3v) is 3.94. The van der Waals surface area contributed by atoms with Gasteiger partial charge in [-0.3, -0.25) is 4.79 Å². The van der Waals surface area contributed by atoms with Gasteiger partial charge >= 0.3 is 5.97 Å². The minimum atomic E-state index is -0.692. The van der Waals surface area contributed by atoms with Gasteiger partial charge in [-0.25, -0.2) is 14.2 Å². The van der Waals surface area contributed by atoms with E-state index >= 15 is 0 Å². The molecule has 8 heteroatoms. The first-order valence-corrected chi connectivity index (χ1v) is 8.05. The van der Waals surface area contributed by atoms with Gasteiger partial charge in [-0.1, -0.05) is 18.2 Å². The summed E-state index contributed by atoms with van der Waals surface area (Å²) in [5.74, 6) is -1.39. The predicted molar refractivity (Wildman–Crippen MR) is 99.5 cm³/mol. The number of hydrogen-bond donors (Lipinski definition) is 3. The van der Waals surface area contributed by atoms with Gasteiger partial charge in [-0.15, -0.1) is 0 Å². The van der Waals surface area contributed by atoms with Crippen LogP contribution in [0.15, 0.2) is 53.5 Å². The zero-order chi connectivity index (χ0) is 19.4. The van der Waals surface area contributed by atoms with E-state index in [2.05, 4.69) is 15.3 Å². The standard InChI is InChI=1S/C19H17FN4O3/c1-27-19(26)14-10-12(9-11-7-8-22-16(21)15(11)20)18(25)24-17(14)23-13-5-3-2-4-6-13/h2-8,10H,9H2,1H3,(H2,21,22)(H2,23,24,25). The van der Waals surface area contributed by atoms with E-state index in [9.17, 15) is 14.0 Å². The highest BCUT2D eigenvalue weighted by molar-refractivity contribution is 5.95. The van der Waals surface area contributed by atoms with Gasteiger partial charge in [-0.05, 0) is 29.8 Å². The van der Waals surface area contributed by atoms with Crippen LogP contribution in [0.25, 0.3) is 0 Å². The van der Waals surface area contributed by atoms with Crippen molar-refractivity contribution in [3.05, 3.63) is 81.5 Å². The Kier molecular flexibility index (Phi) is 5.16. The second-order valence-corrected chi connectivity index (χ2v) is 5.74. The molecule has 0 fully saturated rings. The van der Waals surface area contributed by atoms with Gasteiger partial charge in [0.1, 0.15) is 11.4 Å². The largest absolute Gasteiger partial charge is 0.465 e. The molecule has 2 aromatic heterocycles. The summed E-state index contributed by atoms with van der Waals surface area (Å²) < 4.78 is 18.9. The van der Waals surface area contributed by atoms with Crippen LogP contribution >= 0.6 is 0 Å². The molecule has 0 saturated heterocycles. The Morgan fingerprint density at radius 2 is 2.00 bits per heavy atom. The Morgan fingerprint density at radius 3 is 2.70 bits per heavy atom. The number of pyridine rings is 2.